The zero-order chi connectivity index (χ0) is 13.5. The number of rotatable bonds is 12. The van der Waals surface area contributed by atoms with Gasteiger partial charge in [0, 0.05) is 6.54 Å². The summed E-state index contributed by atoms with van der Waals surface area (Å²) in [6.45, 7) is 3.00. The summed E-state index contributed by atoms with van der Waals surface area (Å²) in [5, 5.41) is 2.70. The number of alkyl carbamates (subject to hydrolysis) is 1. The number of amides is 1. The van der Waals surface area contributed by atoms with Gasteiger partial charge in [-0.1, -0.05) is 71.1 Å². The van der Waals surface area contributed by atoms with Gasteiger partial charge in [0.05, 0.1) is 7.11 Å². The lowest BCUT2D eigenvalue weighted by Gasteiger charge is -2.04. The molecule has 1 N–H and O–H groups in total. The Morgan fingerprint density at radius 2 is 1.28 bits per heavy atom. The van der Waals surface area contributed by atoms with Crippen molar-refractivity contribution in [3.05, 3.63) is 0 Å². The Morgan fingerprint density at radius 3 is 1.72 bits per heavy atom. The molecule has 18 heavy (non-hydrogen) atoms. The first kappa shape index (κ1) is 17.3. The highest BCUT2D eigenvalue weighted by atomic mass is 16.5. The number of carbonyl (C=O) groups excluding carboxylic acids is 1. The molecule has 0 aromatic heterocycles. The number of hydrogen-bond acceptors (Lipinski definition) is 2. The zero-order valence-corrected chi connectivity index (χ0v) is 12.3. The second kappa shape index (κ2) is 14.3. The fraction of sp³-hybridized carbons (Fsp3) is 0.933. The standard InChI is InChI=1S/C15H31NO2/c1-3-4-5-6-7-8-9-10-11-12-13-14-16-15(17)18-2/h3-14H2,1-2H3,(H,16,17). The van der Waals surface area contributed by atoms with E-state index in [0.717, 1.165) is 13.0 Å². The average Bonchev–Trinajstić information content (AvgIpc) is 2.39. The highest BCUT2D eigenvalue weighted by Gasteiger charge is 1.96. The van der Waals surface area contributed by atoms with Gasteiger partial charge in [-0.25, -0.2) is 4.79 Å². The second-order valence-corrected chi connectivity index (χ2v) is 4.95. The van der Waals surface area contributed by atoms with Crippen LogP contribution in [0.2, 0.25) is 0 Å². The largest absolute Gasteiger partial charge is 0.453 e. The predicted octanol–water partition coefficient (Wildman–Crippen LogP) is 4.65. The summed E-state index contributed by atoms with van der Waals surface area (Å²) in [4.78, 5) is 10.8. The maximum absolute atomic E-state index is 10.8. The first-order chi connectivity index (χ1) is 8.81. The van der Waals surface area contributed by atoms with Gasteiger partial charge < -0.3 is 10.1 Å². The molecule has 0 heterocycles. The predicted molar refractivity (Wildman–Crippen MR) is 76.9 cm³/mol. The van der Waals surface area contributed by atoms with Crippen LogP contribution < -0.4 is 5.32 Å². The van der Waals surface area contributed by atoms with Crippen LogP contribution in [0.1, 0.15) is 77.6 Å². The number of hydrogen-bond donors (Lipinski definition) is 1. The van der Waals surface area contributed by atoms with Crippen molar-refractivity contribution in [1.82, 2.24) is 5.32 Å². The monoisotopic (exact) mass is 257 g/mol. The van der Waals surface area contributed by atoms with E-state index in [-0.39, 0.29) is 6.09 Å². The smallest absolute Gasteiger partial charge is 0.406 e. The molecule has 0 aliphatic rings. The molecule has 0 fully saturated rings. The van der Waals surface area contributed by atoms with E-state index < -0.39 is 0 Å². The Hall–Kier alpha value is -0.730. The summed E-state index contributed by atoms with van der Waals surface area (Å²) >= 11 is 0. The van der Waals surface area contributed by atoms with Crippen LogP contribution in [0.5, 0.6) is 0 Å². The molecule has 0 atom stereocenters. The fourth-order valence-corrected chi connectivity index (χ4v) is 2.05. The highest BCUT2D eigenvalue weighted by Crippen LogP contribution is 2.10. The first-order valence-corrected chi connectivity index (χ1v) is 7.63. The molecule has 1 amide bonds. The van der Waals surface area contributed by atoms with Gasteiger partial charge in [0.2, 0.25) is 0 Å². The summed E-state index contributed by atoms with van der Waals surface area (Å²) < 4.78 is 4.50. The second-order valence-electron chi connectivity index (χ2n) is 4.95. The molecule has 3 heteroatoms. The van der Waals surface area contributed by atoms with E-state index >= 15 is 0 Å². The average molecular weight is 257 g/mol. The quantitative estimate of drug-likeness (QED) is 0.517. The third-order valence-electron chi connectivity index (χ3n) is 3.24. The van der Waals surface area contributed by atoms with E-state index in [1.807, 2.05) is 0 Å². The van der Waals surface area contributed by atoms with Crippen molar-refractivity contribution in [2.24, 2.45) is 0 Å². The minimum atomic E-state index is -0.318. The Kier molecular flexibility index (Phi) is 13.8. The molecule has 0 rings (SSSR count). The molecule has 108 valence electrons. The fourth-order valence-electron chi connectivity index (χ4n) is 2.05. The van der Waals surface area contributed by atoms with Crippen molar-refractivity contribution in [3.63, 3.8) is 0 Å². The maximum Gasteiger partial charge on any atom is 0.406 e. The molecule has 0 saturated heterocycles. The van der Waals surface area contributed by atoms with Gasteiger partial charge in [0.25, 0.3) is 0 Å². The third-order valence-corrected chi connectivity index (χ3v) is 3.24. The molecule has 0 aromatic rings. The molecule has 3 nitrogen and oxygen atoms in total. The Labute approximate surface area is 113 Å². The summed E-state index contributed by atoms with van der Waals surface area (Å²) in [7, 11) is 1.40. The van der Waals surface area contributed by atoms with Crippen LogP contribution in [0.25, 0.3) is 0 Å². The van der Waals surface area contributed by atoms with Crippen LogP contribution in [-0.4, -0.2) is 19.7 Å². The summed E-state index contributed by atoms with van der Waals surface area (Å²) in [6, 6.07) is 0. The van der Waals surface area contributed by atoms with E-state index in [1.165, 1.54) is 71.3 Å². The van der Waals surface area contributed by atoms with Crippen molar-refractivity contribution in [2.45, 2.75) is 77.6 Å². The van der Waals surface area contributed by atoms with E-state index in [1.54, 1.807) is 0 Å². The van der Waals surface area contributed by atoms with Crippen LogP contribution in [0.4, 0.5) is 4.79 Å². The van der Waals surface area contributed by atoms with Crippen LogP contribution >= 0.6 is 0 Å². The molecule has 0 spiro atoms. The van der Waals surface area contributed by atoms with Crippen LogP contribution in [0, 0.1) is 0 Å². The van der Waals surface area contributed by atoms with Crippen molar-refractivity contribution < 1.29 is 9.53 Å². The summed E-state index contributed by atoms with van der Waals surface area (Å²) in [5.74, 6) is 0. The molecule has 0 aliphatic heterocycles. The maximum atomic E-state index is 10.8. The van der Waals surface area contributed by atoms with Crippen molar-refractivity contribution in [3.8, 4) is 0 Å². The topological polar surface area (TPSA) is 38.3 Å². The van der Waals surface area contributed by atoms with Gasteiger partial charge >= 0.3 is 6.09 Å². The number of methoxy groups -OCH3 is 1. The Balaban J connectivity index is 2.97. The molecular weight excluding hydrogens is 226 g/mol. The minimum Gasteiger partial charge on any atom is -0.453 e. The molecule has 0 aliphatic carbocycles. The van der Waals surface area contributed by atoms with Gasteiger partial charge in [-0.3, -0.25) is 0 Å². The van der Waals surface area contributed by atoms with E-state index in [0.29, 0.717) is 0 Å². The van der Waals surface area contributed by atoms with Crippen LogP contribution in [-0.2, 0) is 4.74 Å². The molecule has 0 radical (unpaired) electrons. The molecule has 0 unspecified atom stereocenters. The van der Waals surface area contributed by atoms with Crippen molar-refractivity contribution in [2.75, 3.05) is 13.7 Å². The normalized spacial score (nSPS) is 10.3. The van der Waals surface area contributed by atoms with Gasteiger partial charge in [-0.05, 0) is 6.42 Å². The SMILES string of the molecule is CCCCCCCCCCCCCNC(=O)OC. The summed E-state index contributed by atoms with van der Waals surface area (Å²) in [5.41, 5.74) is 0. The Bertz CT molecular complexity index is 183. The van der Waals surface area contributed by atoms with Crippen molar-refractivity contribution in [1.29, 1.82) is 0 Å². The van der Waals surface area contributed by atoms with Crippen LogP contribution in [0.15, 0.2) is 0 Å². The zero-order valence-electron chi connectivity index (χ0n) is 12.3. The number of ether oxygens (including phenoxy) is 1. The summed E-state index contributed by atoms with van der Waals surface area (Å²) in [6.07, 6.45) is 14.3. The highest BCUT2D eigenvalue weighted by molar-refractivity contribution is 5.66. The molecule has 0 bridgehead atoms. The molecule has 0 aromatic carbocycles. The number of carbonyl (C=O) groups is 1. The van der Waals surface area contributed by atoms with Crippen LogP contribution in [0.3, 0.4) is 0 Å². The van der Waals surface area contributed by atoms with E-state index in [9.17, 15) is 4.79 Å². The van der Waals surface area contributed by atoms with E-state index in [4.69, 9.17) is 0 Å². The number of unbranched alkanes of at least 4 members (excludes halogenated alkanes) is 10. The Morgan fingerprint density at radius 1 is 0.833 bits per heavy atom. The lowest BCUT2D eigenvalue weighted by molar-refractivity contribution is 0.171. The van der Waals surface area contributed by atoms with Gasteiger partial charge in [0.1, 0.15) is 0 Å². The van der Waals surface area contributed by atoms with Gasteiger partial charge in [-0.15, -0.1) is 0 Å². The first-order valence-electron chi connectivity index (χ1n) is 7.63. The van der Waals surface area contributed by atoms with Crippen molar-refractivity contribution >= 4 is 6.09 Å². The van der Waals surface area contributed by atoms with Gasteiger partial charge in [0.15, 0.2) is 0 Å². The molecular formula is C15H31NO2. The molecule has 0 saturated carbocycles. The minimum absolute atomic E-state index is 0.318. The van der Waals surface area contributed by atoms with E-state index in [2.05, 4.69) is 17.0 Å². The lowest BCUT2D eigenvalue weighted by atomic mass is 10.1. The lowest BCUT2D eigenvalue weighted by Crippen LogP contribution is -2.23. The third kappa shape index (κ3) is 13.3. The van der Waals surface area contributed by atoms with Gasteiger partial charge in [-0.2, -0.15) is 0 Å². The number of nitrogens with one attached hydrogen (secondary N) is 1.